The van der Waals surface area contributed by atoms with E-state index in [1.807, 2.05) is 26.0 Å². The molecule has 6 rings (SSSR count). The number of nitrogens with one attached hydrogen (secondary N) is 6. The number of likely N-dealkylation sites (tertiary alicyclic amines) is 2. The number of hydrogen-bond acceptors (Lipinski definition) is 16. The fourth-order valence-corrected chi connectivity index (χ4v) is 11.3. The second-order valence-corrected chi connectivity index (χ2v) is 22.1. The van der Waals surface area contributed by atoms with Crippen LogP contribution in [0.3, 0.4) is 0 Å². The Labute approximate surface area is 456 Å². The van der Waals surface area contributed by atoms with Gasteiger partial charge in [-0.3, -0.25) is 33.7 Å². The summed E-state index contributed by atoms with van der Waals surface area (Å²) in [5.41, 5.74) is 1.91. The average molecular weight is 1170 g/mol. The molecule has 0 spiro atoms. The minimum atomic E-state index is -1.56. The second-order valence-electron chi connectivity index (χ2n) is 20.1. The van der Waals surface area contributed by atoms with E-state index < -0.39 is 94.3 Å². The van der Waals surface area contributed by atoms with E-state index in [1.54, 1.807) is 38.1 Å². The lowest BCUT2D eigenvalue weighted by molar-refractivity contribution is -0.185. The predicted molar refractivity (Wildman–Crippen MR) is 288 cm³/mol. The standard InChI is InChI=1S/C52H74IN11O12/c1-8-12-31(11-4)43-59-40-44(61-43)54-27-55-45(40)62-49-42(69)41(68)39(35(25-65)76-49)60-47(71)32-17-21-63(24-32)51(74)75-26-30-13-15-33(16-14-30)57-46(70)29(7)56-48(72)38(28(5)6)58-36(66)18-22-64-37(67)23-34(50(64)73)52(53,19-9-2)20-10-3/h9,13-16,19,27-29,31-32,34-35,38-39,41-42,49,65,68-69H,8,10-12,17-18,20-26H2,1-7H3,(H,56,72)(H,57,70)(H,58,66)(H,60,71)(H2,54,55,59,61,62)/t29-,31?,32-,34?,35-,38-,39-,41+,42-,49-,52?/m0/s1. The molecule has 9 N–H and O–H groups in total. The van der Waals surface area contributed by atoms with Crippen LogP contribution in [0.25, 0.3) is 11.2 Å². The molecule has 3 aliphatic heterocycles. The van der Waals surface area contributed by atoms with Crippen molar-refractivity contribution in [2.24, 2.45) is 17.8 Å². The third-order valence-electron chi connectivity index (χ3n) is 14.2. The number of imidazole rings is 1. The topological polar surface area (TPSA) is 320 Å². The van der Waals surface area contributed by atoms with Gasteiger partial charge in [0.15, 0.2) is 17.7 Å². The molecule has 0 radical (unpaired) electrons. The third-order valence-corrected chi connectivity index (χ3v) is 15.9. The minimum absolute atomic E-state index is 0.0154. The summed E-state index contributed by atoms with van der Waals surface area (Å²) in [6.45, 7) is 12.4. The van der Waals surface area contributed by atoms with Crippen molar-refractivity contribution in [1.29, 1.82) is 0 Å². The molecule has 0 aliphatic carbocycles. The van der Waals surface area contributed by atoms with Gasteiger partial charge >= 0.3 is 6.09 Å². The number of ether oxygens (including phenoxy) is 2. The van der Waals surface area contributed by atoms with Crippen LogP contribution in [0.2, 0.25) is 0 Å². The molecule has 1 aromatic carbocycles. The molecule has 3 saturated heterocycles. The number of carbonyl (C=O) groups is 7. The summed E-state index contributed by atoms with van der Waals surface area (Å²) in [6, 6.07) is 3.29. The molecule has 0 bridgehead atoms. The van der Waals surface area contributed by atoms with E-state index in [0.717, 1.165) is 42.8 Å². The lowest BCUT2D eigenvalue weighted by Gasteiger charge is -2.43. The molecule has 3 aromatic rings. The minimum Gasteiger partial charge on any atom is -0.445 e. The van der Waals surface area contributed by atoms with Gasteiger partial charge in [-0.15, -0.1) is 0 Å². The van der Waals surface area contributed by atoms with E-state index in [4.69, 9.17) is 9.47 Å². The van der Waals surface area contributed by atoms with Crippen LogP contribution >= 0.6 is 22.6 Å². The van der Waals surface area contributed by atoms with Gasteiger partial charge in [0.1, 0.15) is 54.7 Å². The average Bonchev–Trinajstić information content (AvgIpc) is 4.16. The monoisotopic (exact) mass is 1170 g/mol. The Balaban J connectivity index is 0.921. The van der Waals surface area contributed by atoms with Crippen LogP contribution in [0.4, 0.5) is 16.3 Å². The first-order valence-corrected chi connectivity index (χ1v) is 27.3. The summed E-state index contributed by atoms with van der Waals surface area (Å²) < 4.78 is 11.0. The number of amides is 7. The fourth-order valence-electron chi connectivity index (χ4n) is 9.87. The van der Waals surface area contributed by atoms with Crippen LogP contribution in [0.1, 0.15) is 117 Å². The van der Waals surface area contributed by atoms with Crippen molar-refractivity contribution in [3.8, 4) is 0 Å². The van der Waals surface area contributed by atoms with Crippen molar-refractivity contribution in [1.82, 2.24) is 45.7 Å². The largest absolute Gasteiger partial charge is 0.445 e. The first-order chi connectivity index (χ1) is 36.2. The number of allylic oxidation sites excluding steroid dienone is 2. The van der Waals surface area contributed by atoms with E-state index in [2.05, 4.69) is 83.0 Å². The van der Waals surface area contributed by atoms with Gasteiger partial charge in [0.25, 0.3) is 0 Å². The van der Waals surface area contributed by atoms with Crippen LogP contribution in [-0.4, -0.2) is 159 Å². The van der Waals surface area contributed by atoms with Gasteiger partial charge in [0, 0.05) is 44.1 Å². The lowest BCUT2D eigenvalue weighted by atomic mass is 9.86. The number of benzene rings is 1. The Bertz CT molecular complexity index is 2560. The Morgan fingerprint density at radius 3 is 2.41 bits per heavy atom. The zero-order valence-electron chi connectivity index (χ0n) is 44.2. The molecule has 76 heavy (non-hydrogen) atoms. The van der Waals surface area contributed by atoms with Crippen LogP contribution in [0.5, 0.6) is 0 Å². The highest BCUT2D eigenvalue weighted by Crippen LogP contribution is 2.41. The highest BCUT2D eigenvalue weighted by Gasteiger charge is 2.49. The Hall–Kier alpha value is -5.83. The molecule has 11 atom stereocenters. The van der Waals surface area contributed by atoms with Crippen LogP contribution < -0.4 is 26.6 Å². The third kappa shape index (κ3) is 14.4. The van der Waals surface area contributed by atoms with Gasteiger partial charge in [0.2, 0.25) is 35.4 Å². The van der Waals surface area contributed by atoms with Crippen LogP contribution in [0, 0.1) is 17.8 Å². The maximum atomic E-state index is 13.5. The number of fused-ring (bicyclic) bond motifs is 1. The Morgan fingerprint density at radius 2 is 1.75 bits per heavy atom. The van der Waals surface area contributed by atoms with Gasteiger partial charge in [0.05, 0.1) is 27.9 Å². The number of alkyl halides is 1. The van der Waals surface area contributed by atoms with Gasteiger partial charge in [-0.2, -0.15) is 0 Å². The molecule has 3 aliphatic rings. The SMILES string of the molecule is CC=CC(I)(CCC)C1CC(=O)N(CCC(=O)N[C@H](C(=O)N[C@@H](C)C(=O)Nc2ccc(COC(=O)N3CC[C@H](C(=O)N[C@@H]4[C@@H](O)[C@H](O)[C@@H](Nc5ncnc6nc(C(CC)CCC)[nH]c56)O[C@H]4CO)C3)cc2)C(C)C)C1=O. The number of H-pyrrole nitrogens is 1. The van der Waals surface area contributed by atoms with Crippen molar-refractivity contribution in [2.75, 3.05) is 36.9 Å². The molecular weight excluding hydrogens is 1100 g/mol. The Kier molecular flexibility index (Phi) is 21.1. The van der Waals surface area contributed by atoms with E-state index in [-0.39, 0.29) is 75.0 Å². The smallest absolute Gasteiger partial charge is 0.410 e. The van der Waals surface area contributed by atoms with Gasteiger partial charge < -0.3 is 61.3 Å². The molecule has 7 amide bonds. The number of imide groups is 1. The second kappa shape index (κ2) is 27.0. The van der Waals surface area contributed by atoms with Crippen LogP contribution in [-0.2, 0) is 44.8 Å². The lowest BCUT2D eigenvalue weighted by Crippen LogP contribution is -2.66. The van der Waals surface area contributed by atoms with E-state index in [1.165, 1.54) is 18.2 Å². The molecule has 416 valence electrons. The number of aromatic nitrogens is 4. The summed E-state index contributed by atoms with van der Waals surface area (Å²) in [7, 11) is 0. The predicted octanol–water partition coefficient (Wildman–Crippen LogP) is 3.54. The summed E-state index contributed by atoms with van der Waals surface area (Å²) >= 11 is 2.25. The number of aliphatic hydroxyl groups is 3. The maximum absolute atomic E-state index is 13.5. The number of nitrogens with zero attached hydrogens (tertiary/aromatic N) is 5. The van der Waals surface area contributed by atoms with Crippen molar-refractivity contribution < 1.29 is 58.4 Å². The zero-order valence-corrected chi connectivity index (χ0v) is 46.4. The van der Waals surface area contributed by atoms with E-state index in [9.17, 15) is 48.9 Å². The summed E-state index contributed by atoms with van der Waals surface area (Å²) in [4.78, 5) is 111. The normalized spacial score (nSPS) is 23.8. The number of hydrogen-bond donors (Lipinski definition) is 9. The van der Waals surface area contributed by atoms with Crippen molar-refractivity contribution in [3.63, 3.8) is 0 Å². The maximum Gasteiger partial charge on any atom is 0.410 e. The van der Waals surface area contributed by atoms with Gasteiger partial charge in [-0.1, -0.05) is 94.3 Å². The molecule has 2 aromatic heterocycles. The van der Waals surface area contributed by atoms with Crippen molar-refractivity contribution in [3.05, 3.63) is 54.1 Å². The summed E-state index contributed by atoms with van der Waals surface area (Å²) in [5.74, 6) is -3.16. The molecule has 23 nitrogen and oxygen atoms in total. The zero-order chi connectivity index (χ0) is 55.4. The molecule has 3 fully saturated rings. The molecule has 5 heterocycles. The first kappa shape index (κ1) is 59.4. The molecule has 3 unspecified atom stereocenters. The van der Waals surface area contributed by atoms with Crippen LogP contribution in [0.15, 0.2) is 42.7 Å². The number of halogens is 1. The quantitative estimate of drug-likeness (QED) is 0.0268. The number of carbonyl (C=O) groups excluding carboxylic acids is 7. The highest BCUT2D eigenvalue weighted by atomic mass is 127. The van der Waals surface area contributed by atoms with E-state index in [0.29, 0.717) is 22.4 Å². The summed E-state index contributed by atoms with van der Waals surface area (Å²) in [6.07, 6.45) is 3.52. The van der Waals surface area contributed by atoms with E-state index >= 15 is 0 Å². The molecular formula is C52H74IN11O12. The van der Waals surface area contributed by atoms with Gasteiger partial charge in [-0.25, -0.2) is 19.7 Å². The van der Waals surface area contributed by atoms with Crippen molar-refractivity contribution in [2.45, 2.75) is 158 Å². The Morgan fingerprint density at radius 1 is 1.01 bits per heavy atom. The van der Waals surface area contributed by atoms with Crippen molar-refractivity contribution >= 4 is 86.8 Å². The number of rotatable bonds is 24. The fraction of sp³-hybridized carbons (Fsp3) is 0.615. The molecule has 0 saturated carbocycles. The number of anilines is 2. The summed E-state index contributed by atoms with van der Waals surface area (Å²) in [5, 5.41) is 46.5. The molecule has 24 heteroatoms. The van der Waals surface area contributed by atoms with Gasteiger partial charge in [-0.05, 0) is 63.1 Å². The first-order valence-electron chi connectivity index (χ1n) is 26.2. The number of aliphatic hydroxyl groups excluding tert-OH is 3. The number of aromatic amines is 1. The highest BCUT2D eigenvalue weighted by molar-refractivity contribution is 14.1.